The molecule has 0 aromatic carbocycles. The molecule has 0 fully saturated rings. The Hall–Kier alpha value is -0.590. The maximum absolute atomic E-state index is 4.25. The van der Waals surface area contributed by atoms with E-state index in [0.29, 0.717) is 0 Å². The molecule has 44 valence electrons. The van der Waals surface area contributed by atoms with E-state index in [1.807, 2.05) is 6.92 Å². The molecule has 1 nitrogen and oxygen atoms in total. The van der Waals surface area contributed by atoms with Gasteiger partial charge < -0.3 is 0 Å². The summed E-state index contributed by atoms with van der Waals surface area (Å²) in [6.07, 6.45) is 2.37. The Kier molecular flexibility index (Phi) is 1.47. The summed E-state index contributed by atoms with van der Waals surface area (Å²) in [4.78, 5) is 4.25. The van der Waals surface area contributed by atoms with E-state index in [2.05, 4.69) is 11.6 Å². The number of hydrogen-bond donors (Lipinski definition) is 0. The highest BCUT2D eigenvalue weighted by Gasteiger charge is 2.04. The monoisotopic (exact) mass is 109 g/mol. The van der Waals surface area contributed by atoms with E-state index in [9.17, 15) is 0 Å². The van der Waals surface area contributed by atoms with E-state index in [1.54, 1.807) is 0 Å². The highest BCUT2D eigenvalue weighted by atomic mass is 14.8. The van der Waals surface area contributed by atoms with Gasteiger partial charge in [0.25, 0.3) is 0 Å². The van der Waals surface area contributed by atoms with Crippen LogP contribution in [0.15, 0.2) is 17.1 Å². The summed E-state index contributed by atoms with van der Waals surface area (Å²) in [6.45, 7) is 6.84. The van der Waals surface area contributed by atoms with Crippen LogP contribution in [-0.4, -0.2) is 12.3 Å². The maximum atomic E-state index is 4.25. The van der Waals surface area contributed by atoms with Crippen molar-refractivity contribution in [2.24, 2.45) is 4.99 Å². The van der Waals surface area contributed by atoms with Gasteiger partial charge in [-0.05, 0) is 25.3 Å². The van der Waals surface area contributed by atoms with Gasteiger partial charge in [-0.1, -0.05) is 6.58 Å². The van der Waals surface area contributed by atoms with Gasteiger partial charge in [0.1, 0.15) is 0 Å². The Morgan fingerprint density at radius 3 is 2.75 bits per heavy atom. The predicted molar refractivity (Wildman–Crippen MR) is 36.4 cm³/mol. The first-order chi connectivity index (χ1) is 3.80. The van der Waals surface area contributed by atoms with E-state index in [4.69, 9.17) is 0 Å². The second-order valence-corrected chi connectivity index (χ2v) is 2.21. The van der Waals surface area contributed by atoms with Crippen LogP contribution < -0.4 is 0 Å². The van der Waals surface area contributed by atoms with Crippen molar-refractivity contribution in [1.82, 2.24) is 0 Å². The second kappa shape index (κ2) is 2.12. The van der Waals surface area contributed by atoms with Crippen LogP contribution in [0, 0.1) is 0 Å². The summed E-state index contributed by atoms with van der Waals surface area (Å²) >= 11 is 0. The molecule has 0 bridgehead atoms. The minimum atomic E-state index is 1.02. The van der Waals surface area contributed by atoms with E-state index in [0.717, 1.165) is 18.5 Å². The first-order valence-corrected chi connectivity index (χ1v) is 3.00. The van der Waals surface area contributed by atoms with E-state index in [-0.39, 0.29) is 0 Å². The largest absolute Gasteiger partial charge is 0.290 e. The average molecular weight is 109 g/mol. The van der Waals surface area contributed by atoms with Gasteiger partial charge >= 0.3 is 0 Å². The normalized spacial score (nSPS) is 18.4. The third-order valence-corrected chi connectivity index (χ3v) is 1.37. The van der Waals surface area contributed by atoms with Crippen LogP contribution in [0.5, 0.6) is 0 Å². The van der Waals surface area contributed by atoms with Gasteiger partial charge in [0.15, 0.2) is 0 Å². The summed E-state index contributed by atoms with van der Waals surface area (Å²) in [7, 11) is 0. The standard InChI is InChI=1S/C7H11N/c1-6(2)7-4-3-5-8-7/h1,3-5H2,2H3. The van der Waals surface area contributed by atoms with Crippen LogP contribution in [-0.2, 0) is 0 Å². The first kappa shape index (κ1) is 5.54. The molecule has 0 N–H and O–H groups in total. The SMILES string of the molecule is C=C(C)C1=NCCC1. The van der Waals surface area contributed by atoms with Crippen molar-refractivity contribution in [3.63, 3.8) is 0 Å². The van der Waals surface area contributed by atoms with Crippen molar-refractivity contribution < 1.29 is 0 Å². The quantitative estimate of drug-likeness (QED) is 0.487. The lowest BCUT2D eigenvalue weighted by Crippen LogP contribution is -1.91. The lowest BCUT2D eigenvalue weighted by molar-refractivity contribution is 0.951. The van der Waals surface area contributed by atoms with Gasteiger partial charge in [0.05, 0.1) is 0 Å². The van der Waals surface area contributed by atoms with Gasteiger partial charge in [-0.15, -0.1) is 0 Å². The zero-order valence-electron chi connectivity index (χ0n) is 5.28. The number of nitrogens with zero attached hydrogens (tertiary/aromatic N) is 1. The number of allylic oxidation sites excluding steroid dienone is 1. The Labute approximate surface area is 50.1 Å². The fraction of sp³-hybridized carbons (Fsp3) is 0.571. The highest BCUT2D eigenvalue weighted by Crippen LogP contribution is 2.08. The molecule has 1 aliphatic rings. The highest BCUT2D eigenvalue weighted by molar-refractivity contribution is 5.99. The summed E-state index contributed by atoms with van der Waals surface area (Å²) < 4.78 is 0. The lowest BCUT2D eigenvalue weighted by atomic mass is 10.1. The van der Waals surface area contributed by atoms with Crippen molar-refractivity contribution >= 4 is 5.71 Å². The average Bonchev–Trinajstić information content (AvgIpc) is 2.12. The fourth-order valence-electron chi connectivity index (χ4n) is 0.888. The van der Waals surface area contributed by atoms with Crippen LogP contribution >= 0.6 is 0 Å². The predicted octanol–water partition coefficient (Wildman–Crippen LogP) is 1.80. The molecular weight excluding hydrogens is 98.1 g/mol. The third-order valence-electron chi connectivity index (χ3n) is 1.37. The zero-order chi connectivity index (χ0) is 5.98. The van der Waals surface area contributed by atoms with Gasteiger partial charge in [0, 0.05) is 12.3 Å². The minimum Gasteiger partial charge on any atom is -0.290 e. The van der Waals surface area contributed by atoms with Crippen LogP contribution in [0.4, 0.5) is 0 Å². The molecule has 1 aliphatic heterocycles. The molecule has 1 heterocycles. The molecule has 1 rings (SSSR count). The summed E-state index contributed by atoms with van der Waals surface area (Å²) in [6, 6.07) is 0. The van der Waals surface area contributed by atoms with Crippen LogP contribution in [0.1, 0.15) is 19.8 Å². The first-order valence-electron chi connectivity index (χ1n) is 3.00. The van der Waals surface area contributed by atoms with Gasteiger partial charge in [-0.2, -0.15) is 0 Å². The molecular formula is C7H11N. The van der Waals surface area contributed by atoms with Crippen molar-refractivity contribution in [3.8, 4) is 0 Å². The van der Waals surface area contributed by atoms with Crippen molar-refractivity contribution in [2.75, 3.05) is 6.54 Å². The smallest absolute Gasteiger partial charge is 0.0396 e. The lowest BCUT2D eigenvalue weighted by Gasteiger charge is -1.92. The molecule has 0 saturated heterocycles. The molecule has 0 radical (unpaired) electrons. The zero-order valence-corrected chi connectivity index (χ0v) is 5.28. The van der Waals surface area contributed by atoms with Crippen molar-refractivity contribution in [1.29, 1.82) is 0 Å². The van der Waals surface area contributed by atoms with Gasteiger partial charge in [-0.25, -0.2) is 0 Å². The molecule has 0 aliphatic carbocycles. The Balaban J connectivity index is 2.57. The Bertz CT molecular complexity index is 133. The number of rotatable bonds is 1. The molecule has 0 atom stereocenters. The van der Waals surface area contributed by atoms with Gasteiger partial charge in [0.2, 0.25) is 0 Å². The number of aliphatic imine (C=N–C) groups is 1. The maximum Gasteiger partial charge on any atom is 0.0396 e. The van der Waals surface area contributed by atoms with E-state index < -0.39 is 0 Å². The summed E-state index contributed by atoms with van der Waals surface area (Å²) in [5.74, 6) is 0. The molecule has 0 saturated carbocycles. The Morgan fingerprint density at radius 2 is 2.50 bits per heavy atom. The minimum absolute atomic E-state index is 1.02. The van der Waals surface area contributed by atoms with Crippen LogP contribution in [0.25, 0.3) is 0 Å². The molecule has 0 aromatic heterocycles. The van der Waals surface area contributed by atoms with E-state index in [1.165, 1.54) is 12.1 Å². The van der Waals surface area contributed by atoms with Crippen molar-refractivity contribution in [3.05, 3.63) is 12.2 Å². The summed E-state index contributed by atoms with van der Waals surface area (Å²) in [5.41, 5.74) is 2.37. The molecule has 0 aromatic rings. The topological polar surface area (TPSA) is 12.4 Å². The third kappa shape index (κ3) is 0.971. The van der Waals surface area contributed by atoms with Gasteiger partial charge in [-0.3, -0.25) is 4.99 Å². The number of hydrogen-bond acceptors (Lipinski definition) is 1. The molecule has 1 heteroatoms. The fourth-order valence-corrected chi connectivity index (χ4v) is 0.888. The van der Waals surface area contributed by atoms with Crippen molar-refractivity contribution in [2.45, 2.75) is 19.8 Å². The van der Waals surface area contributed by atoms with Crippen LogP contribution in [0.2, 0.25) is 0 Å². The molecule has 0 unspecified atom stereocenters. The second-order valence-electron chi connectivity index (χ2n) is 2.21. The molecule has 0 amide bonds. The van der Waals surface area contributed by atoms with Crippen LogP contribution in [0.3, 0.4) is 0 Å². The summed E-state index contributed by atoms with van der Waals surface area (Å²) in [5, 5.41) is 0. The van der Waals surface area contributed by atoms with E-state index >= 15 is 0 Å². The molecule has 0 spiro atoms. The Morgan fingerprint density at radius 1 is 1.75 bits per heavy atom. The molecule has 8 heavy (non-hydrogen) atoms.